The molecule has 0 spiro atoms. The Morgan fingerprint density at radius 3 is 2.58 bits per heavy atom. The molecule has 0 saturated carbocycles. The predicted molar refractivity (Wildman–Crippen MR) is 79.7 cm³/mol. The SMILES string of the molecule is O=C1N(CO)c2ccccc2C1(OO)c1cc2c(cc1O)OCO2. The number of ether oxygens (including phenoxy) is 2. The number of benzene rings is 2. The average Bonchev–Trinajstić information content (AvgIpc) is 3.14. The van der Waals surface area contributed by atoms with Gasteiger partial charge in [0.25, 0.3) is 5.91 Å². The molecule has 1 amide bonds. The number of aliphatic hydroxyl groups excluding tert-OH is 1. The molecule has 0 saturated heterocycles. The number of nitrogens with zero attached hydrogens (tertiary/aromatic N) is 1. The lowest BCUT2D eigenvalue weighted by molar-refractivity contribution is -0.302. The highest BCUT2D eigenvalue weighted by Gasteiger charge is 2.56. The van der Waals surface area contributed by atoms with Crippen LogP contribution in [0.5, 0.6) is 17.2 Å². The van der Waals surface area contributed by atoms with Crippen molar-refractivity contribution in [1.29, 1.82) is 0 Å². The number of phenols is 1. The summed E-state index contributed by atoms with van der Waals surface area (Å²) >= 11 is 0. The van der Waals surface area contributed by atoms with Gasteiger partial charge < -0.3 is 19.7 Å². The first kappa shape index (κ1) is 14.8. The maximum absolute atomic E-state index is 12.9. The number of aliphatic hydroxyl groups is 1. The van der Waals surface area contributed by atoms with Gasteiger partial charge in [-0.1, -0.05) is 18.2 Å². The summed E-state index contributed by atoms with van der Waals surface area (Å²) in [5.74, 6) is -0.409. The van der Waals surface area contributed by atoms with Crippen molar-refractivity contribution >= 4 is 11.6 Å². The third kappa shape index (κ3) is 1.70. The van der Waals surface area contributed by atoms with E-state index in [9.17, 15) is 20.3 Å². The third-order valence-corrected chi connectivity index (χ3v) is 4.27. The van der Waals surface area contributed by atoms with Gasteiger partial charge in [-0.2, -0.15) is 0 Å². The van der Waals surface area contributed by atoms with Crippen molar-refractivity contribution in [3.05, 3.63) is 47.5 Å². The van der Waals surface area contributed by atoms with Gasteiger partial charge in [0.05, 0.1) is 5.69 Å². The Hall–Kier alpha value is -2.81. The molecule has 2 aromatic rings. The van der Waals surface area contributed by atoms with Crippen LogP contribution < -0.4 is 14.4 Å². The number of amides is 1. The molecule has 0 radical (unpaired) electrons. The van der Waals surface area contributed by atoms with E-state index in [4.69, 9.17) is 9.47 Å². The Morgan fingerprint density at radius 1 is 1.17 bits per heavy atom. The summed E-state index contributed by atoms with van der Waals surface area (Å²) in [4.78, 5) is 18.6. The molecule has 1 atom stereocenters. The van der Waals surface area contributed by atoms with E-state index in [2.05, 4.69) is 4.89 Å². The van der Waals surface area contributed by atoms with Crippen molar-refractivity contribution in [2.45, 2.75) is 5.60 Å². The predicted octanol–water partition coefficient (Wildman–Crippen LogP) is 1.15. The van der Waals surface area contributed by atoms with Crippen molar-refractivity contribution in [1.82, 2.24) is 0 Å². The van der Waals surface area contributed by atoms with E-state index in [1.165, 1.54) is 12.1 Å². The number of para-hydroxylation sites is 1. The van der Waals surface area contributed by atoms with E-state index in [1.54, 1.807) is 24.3 Å². The number of phenolic OH excluding ortho intramolecular Hbond substituents is 1. The summed E-state index contributed by atoms with van der Waals surface area (Å²) in [5, 5.41) is 29.6. The summed E-state index contributed by atoms with van der Waals surface area (Å²) in [5.41, 5.74) is -1.36. The highest BCUT2D eigenvalue weighted by molar-refractivity contribution is 6.09. The number of fused-ring (bicyclic) bond motifs is 2. The standard InChI is InChI=1S/C16H13NO7/c18-7-17-11-4-2-1-3-9(11)16(24-21,15(17)20)10-5-13-14(6-12(10)19)23-8-22-13/h1-6,18-19,21H,7-8H2. The maximum Gasteiger partial charge on any atom is 0.274 e. The molecule has 8 nitrogen and oxygen atoms in total. The Morgan fingerprint density at radius 2 is 1.88 bits per heavy atom. The van der Waals surface area contributed by atoms with Crippen LogP contribution >= 0.6 is 0 Å². The fraction of sp³-hybridized carbons (Fsp3) is 0.188. The van der Waals surface area contributed by atoms with Crippen molar-refractivity contribution < 1.29 is 34.6 Å². The molecule has 0 fully saturated rings. The van der Waals surface area contributed by atoms with Crippen molar-refractivity contribution in [3.63, 3.8) is 0 Å². The molecule has 8 heteroatoms. The number of rotatable bonds is 3. The number of hydrogen-bond acceptors (Lipinski definition) is 7. The molecule has 0 aromatic heterocycles. The van der Waals surface area contributed by atoms with E-state index >= 15 is 0 Å². The van der Waals surface area contributed by atoms with Crippen LogP contribution in [0.25, 0.3) is 0 Å². The van der Waals surface area contributed by atoms with Crippen LogP contribution in [0.3, 0.4) is 0 Å². The zero-order valence-electron chi connectivity index (χ0n) is 12.3. The van der Waals surface area contributed by atoms with E-state index in [-0.39, 0.29) is 18.1 Å². The lowest BCUT2D eigenvalue weighted by atomic mass is 9.86. The van der Waals surface area contributed by atoms with Crippen LogP contribution in [0.1, 0.15) is 11.1 Å². The fourth-order valence-electron chi connectivity index (χ4n) is 3.17. The zero-order chi connectivity index (χ0) is 16.9. The van der Waals surface area contributed by atoms with E-state index in [0.29, 0.717) is 22.7 Å². The number of hydrogen-bond donors (Lipinski definition) is 3. The van der Waals surface area contributed by atoms with Gasteiger partial charge in [0.15, 0.2) is 11.5 Å². The van der Waals surface area contributed by atoms with Gasteiger partial charge in [-0.15, -0.1) is 0 Å². The normalized spacial score (nSPS) is 21.2. The maximum atomic E-state index is 12.9. The zero-order valence-corrected chi connectivity index (χ0v) is 12.3. The van der Waals surface area contributed by atoms with Crippen LogP contribution in [0.4, 0.5) is 5.69 Å². The van der Waals surface area contributed by atoms with E-state index < -0.39 is 18.2 Å². The molecule has 2 aliphatic heterocycles. The summed E-state index contributed by atoms with van der Waals surface area (Å²) in [7, 11) is 0. The first-order valence-corrected chi connectivity index (χ1v) is 7.11. The van der Waals surface area contributed by atoms with Gasteiger partial charge in [-0.3, -0.25) is 15.0 Å². The Kier molecular flexibility index (Phi) is 3.14. The van der Waals surface area contributed by atoms with Crippen molar-refractivity contribution in [2.24, 2.45) is 0 Å². The van der Waals surface area contributed by atoms with E-state index in [1.807, 2.05) is 0 Å². The molecule has 0 aliphatic carbocycles. The van der Waals surface area contributed by atoms with Crippen LogP contribution in [0, 0.1) is 0 Å². The average molecular weight is 331 g/mol. The highest BCUT2D eigenvalue weighted by Crippen LogP contribution is 2.51. The van der Waals surface area contributed by atoms with Crippen LogP contribution in [-0.4, -0.2) is 34.9 Å². The minimum absolute atomic E-state index is 0.0114. The fourth-order valence-corrected chi connectivity index (χ4v) is 3.17. The molecule has 4 rings (SSSR count). The van der Waals surface area contributed by atoms with Gasteiger partial charge >= 0.3 is 0 Å². The molecular weight excluding hydrogens is 318 g/mol. The minimum atomic E-state index is -2.01. The highest BCUT2D eigenvalue weighted by atomic mass is 17.1. The lowest BCUT2D eigenvalue weighted by Gasteiger charge is -2.26. The summed E-state index contributed by atoms with van der Waals surface area (Å²) < 4.78 is 10.5. The van der Waals surface area contributed by atoms with Crippen LogP contribution in [-0.2, 0) is 15.3 Å². The van der Waals surface area contributed by atoms with Gasteiger partial charge in [0, 0.05) is 17.2 Å². The molecule has 1 unspecified atom stereocenters. The Balaban J connectivity index is 2.00. The Labute approximate surface area is 136 Å². The smallest absolute Gasteiger partial charge is 0.274 e. The third-order valence-electron chi connectivity index (χ3n) is 4.27. The molecule has 24 heavy (non-hydrogen) atoms. The number of anilines is 1. The van der Waals surface area contributed by atoms with Crippen molar-refractivity contribution in [3.8, 4) is 17.2 Å². The second kappa shape index (κ2) is 5.10. The molecule has 0 bridgehead atoms. The summed E-state index contributed by atoms with van der Waals surface area (Å²) in [6, 6.07) is 9.18. The monoisotopic (exact) mass is 331 g/mol. The van der Waals surface area contributed by atoms with Crippen LogP contribution in [0.2, 0.25) is 0 Å². The van der Waals surface area contributed by atoms with Gasteiger partial charge in [0.2, 0.25) is 12.4 Å². The topological polar surface area (TPSA) is 109 Å². The molecule has 2 heterocycles. The number of aromatic hydroxyl groups is 1. The van der Waals surface area contributed by atoms with Gasteiger partial charge in [0.1, 0.15) is 12.5 Å². The molecular formula is C16H13NO7. The number of carbonyl (C=O) groups excluding carboxylic acids is 1. The summed E-state index contributed by atoms with van der Waals surface area (Å²) in [6.45, 7) is -0.620. The molecule has 3 N–H and O–H groups in total. The lowest BCUT2D eigenvalue weighted by Crippen LogP contribution is -2.43. The first-order valence-electron chi connectivity index (χ1n) is 7.11. The van der Waals surface area contributed by atoms with Gasteiger partial charge in [-0.25, -0.2) is 4.89 Å². The first-order chi connectivity index (χ1) is 11.6. The minimum Gasteiger partial charge on any atom is -0.507 e. The molecule has 2 aromatic carbocycles. The van der Waals surface area contributed by atoms with E-state index in [0.717, 1.165) is 4.90 Å². The second-order valence-electron chi connectivity index (χ2n) is 5.39. The van der Waals surface area contributed by atoms with Gasteiger partial charge in [-0.05, 0) is 12.1 Å². The summed E-state index contributed by atoms with van der Waals surface area (Å²) in [6.07, 6.45) is 0. The quantitative estimate of drug-likeness (QED) is 0.572. The largest absolute Gasteiger partial charge is 0.507 e. The number of carbonyl (C=O) groups is 1. The van der Waals surface area contributed by atoms with Crippen LogP contribution in [0.15, 0.2) is 36.4 Å². The molecule has 124 valence electrons. The Bertz CT molecular complexity index is 837. The molecule has 2 aliphatic rings. The second-order valence-corrected chi connectivity index (χ2v) is 5.39. The van der Waals surface area contributed by atoms with Crippen molar-refractivity contribution in [2.75, 3.05) is 18.4 Å².